The highest BCUT2D eigenvalue weighted by molar-refractivity contribution is 7.14. The number of nitrogens with one attached hydrogen (secondary N) is 2. The van der Waals surface area contributed by atoms with E-state index in [-0.39, 0.29) is 30.5 Å². The van der Waals surface area contributed by atoms with Gasteiger partial charge in [-0.05, 0) is 42.0 Å². The fourth-order valence-electron chi connectivity index (χ4n) is 2.79. The second-order valence-electron chi connectivity index (χ2n) is 6.74. The van der Waals surface area contributed by atoms with Crippen molar-refractivity contribution in [2.75, 3.05) is 10.6 Å². The molecule has 32 heavy (non-hydrogen) atoms. The molecule has 0 aliphatic heterocycles. The number of anilines is 2. The number of thiazole rings is 1. The largest absolute Gasteiger partial charge is 0.489 e. The summed E-state index contributed by atoms with van der Waals surface area (Å²) in [4.78, 5) is 28.7. The maximum atomic E-state index is 13.0. The Balaban J connectivity index is 1.29. The van der Waals surface area contributed by atoms with Crippen molar-refractivity contribution in [3.8, 4) is 5.75 Å². The van der Waals surface area contributed by atoms with Crippen molar-refractivity contribution in [1.29, 1.82) is 0 Å². The Morgan fingerprint density at radius 1 is 1.06 bits per heavy atom. The van der Waals surface area contributed by atoms with Gasteiger partial charge in [0.15, 0.2) is 10.9 Å². The second-order valence-corrected chi connectivity index (χ2v) is 7.60. The van der Waals surface area contributed by atoms with E-state index in [1.165, 1.54) is 29.7 Å². The van der Waals surface area contributed by atoms with Gasteiger partial charge in [-0.25, -0.2) is 9.37 Å². The van der Waals surface area contributed by atoms with Crippen LogP contribution in [0.15, 0.2) is 76.7 Å². The molecular weight excluding hydrogens is 433 g/mol. The molecule has 0 bridgehead atoms. The Hall–Kier alpha value is -3.98. The van der Waals surface area contributed by atoms with Crippen LogP contribution in [0.4, 0.5) is 15.2 Å². The minimum absolute atomic E-state index is 0.0494. The monoisotopic (exact) mass is 451 g/mol. The highest BCUT2D eigenvalue weighted by Crippen LogP contribution is 2.20. The summed E-state index contributed by atoms with van der Waals surface area (Å²) in [6.07, 6.45) is 1.46. The minimum Gasteiger partial charge on any atom is -0.489 e. The van der Waals surface area contributed by atoms with E-state index in [9.17, 15) is 14.0 Å². The van der Waals surface area contributed by atoms with Gasteiger partial charge in [0.25, 0.3) is 5.91 Å². The first-order chi connectivity index (χ1) is 15.5. The first kappa shape index (κ1) is 21.3. The summed E-state index contributed by atoms with van der Waals surface area (Å²) >= 11 is 1.22. The number of halogens is 1. The lowest BCUT2D eigenvalue weighted by molar-refractivity contribution is -0.115. The number of aromatic nitrogens is 1. The lowest BCUT2D eigenvalue weighted by Crippen LogP contribution is -2.15. The molecule has 0 spiro atoms. The number of amides is 2. The molecule has 9 heteroatoms. The van der Waals surface area contributed by atoms with E-state index < -0.39 is 5.91 Å². The van der Waals surface area contributed by atoms with Crippen LogP contribution in [0.3, 0.4) is 0 Å². The van der Waals surface area contributed by atoms with Crippen molar-refractivity contribution in [3.05, 3.63) is 95.1 Å². The van der Waals surface area contributed by atoms with Crippen molar-refractivity contribution < 1.29 is 23.1 Å². The van der Waals surface area contributed by atoms with Crippen LogP contribution in [0.2, 0.25) is 0 Å². The van der Waals surface area contributed by atoms with Gasteiger partial charge in [-0.1, -0.05) is 18.2 Å². The van der Waals surface area contributed by atoms with Crippen LogP contribution in [-0.4, -0.2) is 16.8 Å². The molecule has 162 valence electrons. The number of hydrogen-bond acceptors (Lipinski definition) is 6. The van der Waals surface area contributed by atoms with Crippen molar-refractivity contribution in [3.63, 3.8) is 0 Å². The van der Waals surface area contributed by atoms with Crippen LogP contribution < -0.4 is 15.4 Å². The smallest absolute Gasteiger partial charge is 0.293 e. The summed E-state index contributed by atoms with van der Waals surface area (Å²) in [6, 6.07) is 16.2. The average molecular weight is 451 g/mol. The van der Waals surface area contributed by atoms with E-state index in [4.69, 9.17) is 9.15 Å². The van der Waals surface area contributed by atoms with Gasteiger partial charge in [-0.2, -0.15) is 0 Å². The topological polar surface area (TPSA) is 93.5 Å². The number of benzene rings is 2. The first-order valence-electron chi connectivity index (χ1n) is 9.61. The Labute approximate surface area is 186 Å². The standard InChI is InChI=1S/C23H18FN3O4S/c24-16-8-6-15(7-9-16)13-31-19-4-1-3-17(11-19)25-21(28)12-18-14-32-23(26-18)27-22(29)20-5-2-10-30-20/h1-11,14H,12-13H2,(H,25,28)(H,26,27,29). The molecule has 4 aromatic rings. The third-order valence-electron chi connectivity index (χ3n) is 4.30. The van der Waals surface area contributed by atoms with Crippen LogP contribution in [-0.2, 0) is 17.8 Å². The molecule has 4 rings (SSSR count). The fraction of sp³-hybridized carbons (Fsp3) is 0.0870. The van der Waals surface area contributed by atoms with Crippen LogP contribution in [0.25, 0.3) is 0 Å². The van der Waals surface area contributed by atoms with Gasteiger partial charge >= 0.3 is 0 Å². The molecule has 2 aromatic carbocycles. The third-order valence-corrected chi connectivity index (χ3v) is 5.10. The molecule has 7 nitrogen and oxygen atoms in total. The van der Waals surface area contributed by atoms with E-state index in [0.29, 0.717) is 22.3 Å². The van der Waals surface area contributed by atoms with Crippen LogP contribution >= 0.6 is 11.3 Å². The number of furan rings is 1. The number of hydrogen-bond donors (Lipinski definition) is 2. The summed E-state index contributed by atoms with van der Waals surface area (Å²) in [6.45, 7) is 0.281. The molecule has 0 saturated heterocycles. The molecule has 2 amide bonds. The zero-order valence-electron chi connectivity index (χ0n) is 16.7. The first-order valence-corrected chi connectivity index (χ1v) is 10.5. The molecule has 0 aliphatic carbocycles. The van der Waals surface area contributed by atoms with Crippen molar-refractivity contribution >= 4 is 34.0 Å². The molecule has 0 aliphatic rings. The Kier molecular flexibility index (Phi) is 6.57. The second kappa shape index (κ2) is 9.88. The SMILES string of the molecule is O=C(Cc1csc(NC(=O)c2ccco2)n1)Nc1cccc(OCc2ccc(F)cc2)c1. The van der Waals surface area contributed by atoms with Crippen LogP contribution in [0.5, 0.6) is 5.75 Å². The van der Waals surface area contributed by atoms with Crippen LogP contribution in [0.1, 0.15) is 21.8 Å². The molecule has 0 atom stereocenters. The molecular formula is C23H18FN3O4S. The van der Waals surface area contributed by atoms with Crippen LogP contribution in [0, 0.1) is 5.82 Å². The number of rotatable bonds is 8. The lowest BCUT2D eigenvalue weighted by Gasteiger charge is -2.09. The van der Waals surface area contributed by atoms with Gasteiger partial charge in [0.1, 0.15) is 18.2 Å². The van der Waals surface area contributed by atoms with E-state index in [1.807, 2.05) is 0 Å². The summed E-state index contributed by atoms with van der Waals surface area (Å²) in [5.41, 5.74) is 1.94. The van der Waals surface area contributed by atoms with Crippen molar-refractivity contribution in [2.45, 2.75) is 13.0 Å². The van der Waals surface area contributed by atoms with Gasteiger partial charge < -0.3 is 14.5 Å². The highest BCUT2D eigenvalue weighted by Gasteiger charge is 2.13. The fourth-order valence-corrected chi connectivity index (χ4v) is 3.50. The van der Waals surface area contributed by atoms with E-state index in [2.05, 4.69) is 15.6 Å². The summed E-state index contributed by atoms with van der Waals surface area (Å²) in [5.74, 6) is -0.206. The predicted octanol–water partition coefficient (Wildman–Crippen LogP) is 4.89. The molecule has 2 heterocycles. The number of carbonyl (C=O) groups excluding carboxylic acids is 2. The van der Waals surface area contributed by atoms with E-state index in [0.717, 1.165) is 5.56 Å². The number of ether oxygens (including phenoxy) is 1. The Bertz CT molecular complexity index is 1210. The summed E-state index contributed by atoms with van der Waals surface area (Å²) in [7, 11) is 0. The van der Waals surface area contributed by atoms with E-state index >= 15 is 0 Å². The molecule has 0 radical (unpaired) electrons. The normalized spacial score (nSPS) is 10.5. The maximum Gasteiger partial charge on any atom is 0.293 e. The molecule has 2 N–H and O–H groups in total. The molecule has 2 aromatic heterocycles. The van der Waals surface area contributed by atoms with Gasteiger partial charge in [0.2, 0.25) is 5.91 Å². The number of carbonyl (C=O) groups is 2. The molecule has 0 fully saturated rings. The van der Waals surface area contributed by atoms with Gasteiger partial charge in [0, 0.05) is 17.1 Å². The van der Waals surface area contributed by atoms with E-state index in [1.54, 1.807) is 53.9 Å². The zero-order valence-corrected chi connectivity index (χ0v) is 17.5. The third kappa shape index (κ3) is 5.79. The summed E-state index contributed by atoms with van der Waals surface area (Å²) in [5, 5.41) is 7.52. The van der Waals surface area contributed by atoms with Gasteiger partial charge in [0.05, 0.1) is 18.4 Å². The predicted molar refractivity (Wildman–Crippen MR) is 118 cm³/mol. The minimum atomic E-state index is -0.405. The summed E-state index contributed by atoms with van der Waals surface area (Å²) < 4.78 is 23.7. The molecule has 0 unspecified atom stereocenters. The van der Waals surface area contributed by atoms with Crippen molar-refractivity contribution in [2.24, 2.45) is 0 Å². The van der Waals surface area contributed by atoms with Gasteiger partial charge in [-0.15, -0.1) is 11.3 Å². The van der Waals surface area contributed by atoms with Gasteiger partial charge in [-0.3, -0.25) is 14.9 Å². The average Bonchev–Trinajstić information content (AvgIpc) is 3.46. The number of nitrogens with zero attached hydrogens (tertiary/aromatic N) is 1. The Morgan fingerprint density at radius 2 is 1.91 bits per heavy atom. The quantitative estimate of drug-likeness (QED) is 0.398. The lowest BCUT2D eigenvalue weighted by atomic mass is 10.2. The maximum absolute atomic E-state index is 13.0. The highest BCUT2D eigenvalue weighted by atomic mass is 32.1. The molecule has 0 saturated carbocycles. The zero-order chi connectivity index (χ0) is 22.3. The van der Waals surface area contributed by atoms with Crippen molar-refractivity contribution in [1.82, 2.24) is 4.98 Å². The Morgan fingerprint density at radius 3 is 2.69 bits per heavy atom.